The average molecular weight is 1040 g/mol. The predicted molar refractivity (Wildman–Crippen MR) is 340 cm³/mol. The maximum atomic E-state index is 2.76. The lowest BCUT2D eigenvalue weighted by Crippen LogP contribution is -2.62. The Morgan fingerprint density at radius 3 is 1.24 bits per heavy atom. The zero-order chi connectivity index (χ0) is 55.7. The molecule has 0 N–H and O–H groups in total. The van der Waals surface area contributed by atoms with Crippen LogP contribution < -0.4 is 31.1 Å². The number of nitrogens with zero attached hydrogens (tertiary/aromatic N) is 3. The number of benzene rings is 8. The van der Waals surface area contributed by atoms with Crippen molar-refractivity contribution in [3.05, 3.63) is 213 Å². The zero-order valence-electron chi connectivity index (χ0n) is 50.3. The second kappa shape index (κ2) is 17.1. The molecule has 0 unspecified atom stereocenters. The van der Waals surface area contributed by atoms with E-state index in [-0.39, 0.29) is 44.6 Å². The van der Waals surface area contributed by atoms with Gasteiger partial charge in [0.25, 0.3) is 6.71 Å². The molecular formula is C75H82BN3. The van der Waals surface area contributed by atoms with Crippen LogP contribution in [0.5, 0.6) is 0 Å². The van der Waals surface area contributed by atoms with E-state index >= 15 is 0 Å². The fourth-order valence-corrected chi connectivity index (χ4v) is 16.4. The van der Waals surface area contributed by atoms with Crippen molar-refractivity contribution in [2.24, 2.45) is 0 Å². The summed E-state index contributed by atoms with van der Waals surface area (Å²) >= 11 is 0. The molecule has 13 rings (SSSR count). The van der Waals surface area contributed by atoms with Crippen LogP contribution in [0, 0.1) is 13.8 Å². The van der Waals surface area contributed by atoms with E-state index in [4.69, 9.17) is 0 Å². The highest BCUT2D eigenvalue weighted by Crippen LogP contribution is 2.57. The van der Waals surface area contributed by atoms with Crippen LogP contribution >= 0.6 is 0 Å². The van der Waals surface area contributed by atoms with Gasteiger partial charge in [0.05, 0.1) is 5.69 Å². The minimum Gasteiger partial charge on any atom is -0.311 e. The Morgan fingerprint density at radius 1 is 0.367 bits per heavy atom. The lowest BCUT2D eigenvalue weighted by Gasteiger charge is -2.48. The second-order valence-electron chi connectivity index (χ2n) is 29.3. The molecule has 400 valence electrons. The van der Waals surface area contributed by atoms with Crippen molar-refractivity contribution in [3.63, 3.8) is 0 Å². The van der Waals surface area contributed by atoms with Gasteiger partial charge in [0.1, 0.15) is 0 Å². The van der Waals surface area contributed by atoms with E-state index in [1.54, 1.807) is 0 Å². The summed E-state index contributed by atoms with van der Waals surface area (Å²) in [7, 11) is 0. The van der Waals surface area contributed by atoms with Gasteiger partial charge in [-0.25, -0.2) is 0 Å². The van der Waals surface area contributed by atoms with Gasteiger partial charge < -0.3 is 14.7 Å². The third-order valence-electron chi connectivity index (χ3n) is 20.4. The molecule has 0 fully saturated rings. The Bertz CT molecular complexity index is 3760. The van der Waals surface area contributed by atoms with Crippen molar-refractivity contribution in [2.75, 3.05) is 14.7 Å². The van der Waals surface area contributed by atoms with E-state index in [9.17, 15) is 0 Å². The molecule has 0 aromatic heterocycles. The molecule has 2 aliphatic heterocycles. The molecule has 2 heterocycles. The van der Waals surface area contributed by atoms with Gasteiger partial charge >= 0.3 is 0 Å². The van der Waals surface area contributed by atoms with Gasteiger partial charge in [-0.05, 0) is 205 Å². The number of rotatable bonds is 7. The highest BCUT2D eigenvalue weighted by Gasteiger charge is 2.50. The van der Waals surface area contributed by atoms with Crippen LogP contribution in [0.15, 0.2) is 158 Å². The van der Waals surface area contributed by atoms with Crippen molar-refractivity contribution in [1.29, 1.82) is 0 Å². The predicted octanol–water partition coefficient (Wildman–Crippen LogP) is 18.4. The summed E-state index contributed by atoms with van der Waals surface area (Å²) in [6, 6.07) is 61.8. The molecule has 0 atom stereocenters. The monoisotopic (exact) mass is 1040 g/mol. The van der Waals surface area contributed by atoms with Crippen molar-refractivity contribution in [3.8, 4) is 0 Å². The fourth-order valence-electron chi connectivity index (χ4n) is 16.4. The Hall–Kier alpha value is -6.78. The summed E-state index contributed by atoms with van der Waals surface area (Å²) in [5, 5.41) is 0. The first-order valence-corrected chi connectivity index (χ1v) is 29.6. The van der Waals surface area contributed by atoms with E-state index in [1.165, 1.54) is 106 Å². The van der Waals surface area contributed by atoms with Gasteiger partial charge in [-0.15, -0.1) is 0 Å². The van der Waals surface area contributed by atoms with Crippen molar-refractivity contribution < 1.29 is 0 Å². The van der Waals surface area contributed by atoms with E-state index in [2.05, 4.69) is 283 Å². The second-order valence-corrected chi connectivity index (χ2v) is 29.3. The van der Waals surface area contributed by atoms with Gasteiger partial charge in [-0.1, -0.05) is 194 Å². The first kappa shape index (κ1) is 51.6. The molecule has 3 aliphatic carbocycles. The summed E-state index contributed by atoms with van der Waals surface area (Å²) in [6.07, 6.45) is 4.52. The summed E-state index contributed by atoms with van der Waals surface area (Å²) < 4.78 is 0. The zero-order valence-corrected chi connectivity index (χ0v) is 50.3. The molecule has 0 saturated carbocycles. The number of fused-ring (bicyclic) bond motifs is 7. The van der Waals surface area contributed by atoms with Crippen LogP contribution in [0.25, 0.3) is 0 Å². The van der Waals surface area contributed by atoms with Gasteiger partial charge in [-0.3, -0.25) is 0 Å². The third-order valence-corrected chi connectivity index (χ3v) is 20.4. The molecule has 0 spiro atoms. The molecule has 3 nitrogen and oxygen atoms in total. The van der Waals surface area contributed by atoms with Gasteiger partial charge in [-0.2, -0.15) is 0 Å². The topological polar surface area (TPSA) is 9.72 Å². The van der Waals surface area contributed by atoms with Crippen molar-refractivity contribution >= 4 is 74.3 Å². The Labute approximate surface area is 474 Å². The maximum absolute atomic E-state index is 2.76. The average Bonchev–Trinajstić information content (AvgIpc) is 3.58. The maximum Gasteiger partial charge on any atom is 0.252 e. The number of hydrogen-bond acceptors (Lipinski definition) is 3. The minimum absolute atomic E-state index is 0.00314. The van der Waals surface area contributed by atoms with Crippen LogP contribution in [0.4, 0.5) is 51.2 Å². The van der Waals surface area contributed by atoms with Crippen LogP contribution in [0.2, 0.25) is 0 Å². The Balaban J connectivity index is 1.21. The van der Waals surface area contributed by atoms with Crippen LogP contribution in [0.1, 0.15) is 178 Å². The lowest BCUT2D eigenvalue weighted by atomic mass is 9.33. The van der Waals surface area contributed by atoms with Crippen LogP contribution in [-0.2, 0) is 37.9 Å². The van der Waals surface area contributed by atoms with E-state index in [1.807, 2.05) is 0 Å². The molecule has 0 amide bonds. The number of hydrogen-bond donors (Lipinski definition) is 0. The molecular weight excluding hydrogens is 954 g/mol. The van der Waals surface area contributed by atoms with Gasteiger partial charge in [0, 0.05) is 50.9 Å². The molecule has 8 aromatic rings. The fraction of sp³-hybridized carbons (Fsp3) is 0.360. The first-order valence-electron chi connectivity index (χ1n) is 29.6. The summed E-state index contributed by atoms with van der Waals surface area (Å²) in [4.78, 5) is 7.98. The van der Waals surface area contributed by atoms with E-state index in [0.717, 1.165) is 42.7 Å². The van der Waals surface area contributed by atoms with Crippen molar-refractivity contribution in [2.45, 2.75) is 174 Å². The van der Waals surface area contributed by atoms with Crippen LogP contribution in [0.3, 0.4) is 0 Å². The molecule has 0 saturated heterocycles. The quantitative estimate of drug-likeness (QED) is 0.147. The third kappa shape index (κ3) is 7.80. The highest BCUT2D eigenvalue weighted by molar-refractivity contribution is 7.00. The first-order chi connectivity index (χ1) is 37.2. The number of aryl methyl sites for hydroxylation is 2. The number of para-hydroxylation sites is 2. The SMILES string of the molecule is Cc1cc2c(cc1N1c3ccc(C(C)(C)c4ccccc4)cc3B3c4cc5c(cc4N(c4cc6c(cc4C)C(C)(C)CC6(C)C)c4cc(N(c6ccccc6)c6ccccc6)cc1c43)C(C)(C)CCC5(C)C)C(C)(C)CC2(C)C. The minimum atomic E-state index is -0.257. The van der Waals surface area contributed by atoms with E-state index < -0.39 is 0 Å². The Morgan fingerprint density at radius 2 is 0.759 bits per heavy atom. The van der Waals surface area contributed by atoms with Crippen molar-refractivity contribution in [1.82, 2.24) is 0 Å². The summed E-state index contributed by atoms with van der Waals surface area (Å²) in [5.74, 6) is 0. The highest BCUT2D eigenvalue weighted by atomic mass is 15.2. The van der Waals surface area contributed by atoms with Gasteiger partial charge in [0.2, 0.25) is 0 Å². The molecule has 79 heavy (non-hydrogen) atoms. The molecule has 5 aliphatic rings. The molecule has 0 radical (unpaired) electrons. The molecule has 0 bridgehead atoms. The standard InChI is InChI=1S/C75H82BN3/c1-47-36-54-58(73(11,12)45-71(54,7)8)42-63(47)78-62-33-32-50(75(15,16)49-26-20-17-21-27-49)38-60(62)76-61-41-56-57(70(5,6)35-34-69(56,3)4)44-65(61)79(64-43-59-55(37-48(64)2)72(9,10)46-74(59,13)14)67-40-53(39-66(78)68(67)76)77(51-28-22-18-23-29-51)52-30-24-19-25-31-52/h17-33,36-44H,34-35,45-46H2,1-16H3. The molecule has 4 heteroatoms. The van der Waals surface area contributed by atoms with E-state index in [0.29, 0.717) is 0 Å². The lowest BCUT2D eigenvalue weighted by molar-refractivity contribution is 0.332. The Kier molecular flexibility index (Phi) is 11.2. The normalized spacial score (nSPS) is 19.0. The van der Waals surface area contributed by atoms with Gasteiger partial charge in [0.15, 0.2) is 0 Å². The molecule has 8 aromatic carbocycles. The van der Waals surface area contributed by atoms with Crippen LogP contribution in [-0.4, -0.2) is 6.71 Å². The summed E-state index contributed by atoms with van der Waals surface area (Å²) in [6.45, 7) is 39.3. The largest absolute Gasteiger partial charge is 0.311 e. The summed E-state index contributed by atoms with van der Waals surface area (Å²) in [5.41, 5.74) is 29.2. The number of anilines is 9. The smallest absolute Gasteiger partial charge is 0.252 e.